The highest BCUT2D eigenvalue weighted by Gasteiger charge is 2.26. The lowest BCUT2D eigenvalue weighted by molar-refractivity contribution is -0.136. The topological polar surface area (TPSA) is 74.8 Å². The van der Waals surface area contributed by atoms with E-state index in [1.165, 1.54) is 44.1 Å². The van der Waals surface area contributed by atoms with Crippen molar-refractivity contribution >= 4 is 48.0 Å². The van der Waals surface area contributed by atoms with Gasteiger partial charge in [-0.05, 0) is 12.5 Å². The van der Waals surface area contributed by atoms with Gasteiger partial charge in [0.2, 0.25) is 0 Å². The highest BCUT2D eigenvalue weighted by atomic mass is 32.2. The van der Waals surface area contributed by atoms with Gasteiger partial charge in [-0.1, -0.05) is 0 Å². The molecule has 2 aliphatic rings. The molecule has 0 bridgehead atoms. The van der Waals surface area contributed by atoms with E-state index in [9.17, 15) is 19.2 Å². The Morgan fingerprint density at radius 3 is 1.50 bits per heavy atom. The molecule has 0 spiro atoms. The first-order chi connectivity index (χ1) is 9.38. The fourth-order valence-electron chi connectivity index (χ4n) is 1.16. The maximum Gasteiger partial charge on any atom is 0.267 e. The highest BCUT2D eigenvalue weighted by Crippen LogP contribution is 2.19. The van der Waals surface area contributed by atoms with Crippen LogP contribution in [0.4, 0.5) is 0 Å². The number of amides is 4. The monoisotopic (exact) mass is 316 g/mol. The Labute approximate surface area is 127 Å². The van der Waals surface area contributed by atoms with Gasteiger partial charge < -0.3 is 0 Å². The molecule has 0 aromatic heterocycles. The zero-order valence-electron chi connectivity index (χ0n) is 11.6. The quantitative estimate of drug-likeness (QED) is 0.557. The molecule has 20 heavy (non-hydrogen) atoms. The summed E-state index contributed by atoms with van der Waals surface area (Å²) in [7, 11) is 2.93. The Kier molecular flexibility index (Phi) is 7.93. The molecule has 0 N–H and O–H groups in total. The molecule has 0 aliphatic carbocycles. The minimum absolute atomic E-state index is 0.197. The molecule has 6 nitrogen and oxygen atoms in total. The van der Waals surface area contributed by atoms with E-state index in [2.05, 4.69) is 12.6 Å². The maximum absolute atomic E-state index is 11.0. The third kappa shape index (κ3) is 4.53. The zero-order chi connectivity index (χ0) is 15.9. The van der Waals surface area contributed by atoms with E-state index in [-0.39, 0.29) is 23.6 Å². The summed E-state index contributed by atoms with van der Waals surface area (Å²) in [6.45, 7) is 0. The van der Waals surface area contributed by atoms with Crippen molar-refractivity contribution in [1.29, 1.82) is 0 Å². The molecule has 0 aromatic rings. The summed E-state index contributed by atoms with van der Waals surface area (Å²) in [6, 6.07) is 0. The number of hydrogen-bond acceptors (Lipinski definition) is 6. The predicted molar refractivity (Wildman–Crippen MR) is 81.2 cm³/mol. The van der Waals surface area contributed by atoms with Crippen molar-refractivity contribution in [2.75, 3.05) is 26.6 Å². The van der Waals surface area contributed by atoms with Crippen LogP contribution in [-0.2, 0) is 19.2 Å². The number of thioether (sulfide) groups is 1. The highest BCUT2D eigenvalue weighted by molar-refractivity contribution is 8.03. The molecular formula is C12H16N2O4S2. The molecule has 2 rings (SSSR count). The normalized spacial score (nSPS) is 16.8. The number of hydrogen-bond donors (Lipinski definition) is 1. The van der Waals surface area contributed by atoms with Crippen molar-refractivity contribution in [2.45, 2.75) is 0 Å². The third-order valence-electron chi connectivity index (χ3n) is 2.35. The van der Waals surface area contributed by atoms with Crippen molar-refractivity contribution < 1.29 is 19.2 Å². The fourth-order valence-corrected chi connectivity index (χ4v) is 1.69. The van der Waals surface area contributed by atoms with E-state index in [0.29, 0.717) is 4.91 Å². The van der Waals surface area contributed by atoms with Crippen molar-refractivity contribution in [3.05, 3.63) is 23.1 Å². The molecule has 8 heteroatoms. The number of imide groups is 2. The number of carbonyl (C=O) groups is 4. The lowest BCUT2D eigenvalue weighted by Crippen LogP contribution is -2.25. The largest absolute Gasteiger partial charge is 0.279 e. The van der Waals surface area contributed by atoms with Gasteiger partial charge in [-0.25, -0.2) is 0 Å². The second-order valence-electron chi connectivity index (χ2n) is 3.48. The SMILES string of the molecule is CN1C(=O)C=CC1=O.CS.CSC1=CC(=O)N(C)C1=O. The average Bonchev–Trinajstić information content (AvgIpc) is 2.89. The molecule has 0 atom stereocenters. The first-order valence-electron chi connectivity index (χ1n) is 5.40. The molecule has 110 valence electrons. The van der Waals surface area contributed by atoms with Crippen molar-refractivity contribution in [3.63, 3.8) is 0 Å². The lowest BCUT2D eigenvalue weighted by atomic mass is 10.5. The molecule has 2 heterocycles. The molecule has 2 aliphatic heterocycles. The first kappa shape index (κ1) is 18.5. The molecule has 0 unspecified atom stereocenters. The Balaban J connectivity index is 0.000000327. The molecule has 4 amide bonds. The van der Waals surface area contributed by atoms with Crippen LogP contribution in [0.3, 0.4) is 0 Å². The summed E-state index contributed by atoms with van der Waals surface area (Å²) in [5.41, 5.74) is 0. The molecule has 0 radical (unpaired) electrons. The summed E-state index contributed by atoms with van der Waals surface area (Å²) in [6.07, 6.45) is 7.33. The summed E-state index contributed by atoms with van der Waals surface area (Å²) < 4.78 is 0. The van der Waals surface area contributed by atoms with E-state index >= 15 is 0 Å². The Bertz CT molecular complexity index is 468. The Hall–Kier alpha value is -1.54. The Morgan fingerprint density at radius 1 is 0.900 bits per heavy atom. The van der Waals surface area contributed by atoms with Crippen LogP contribution in [0.2, 0.25) is 0 Å². The van der Waals surface area contributed by atoms with E-state index < -0.39 is 0 Å². The van der Waals surface area contributed by atoms with Gasteiger partial charge in [-0.15, -0.1) is 11.8 Å². The van der Waals surface area contributed by atoms with Crippen LogP contribution in [0.5, 0.6) is 0 Å². The predicted octanol–water partition coefficient (Wildman–Crippen LogP) is 0.319. The van der Waals surface area contributed by atoms with Crippen molar-refractivity contribution in [1.82, 2.24) is 9.80 Å². The fraction of sp³-hybridized carbons (Fsp3) is 0.333. The van der Waals surface area contributed by atoms with Crippen LogP contribution in [0.15, 0.2) is 23.1 Å². The molecular weight excluding hydrogens is 300 g/mol. The number of nitrogens with zero attached hydrogens (tertiary/aromatic N) is 2. The van der Waals surface area contributed by atoms with Crippen LogP contribution < -0.4 is 0 Å². The van der Waals surface area contributed by atoms with Gasteiger partial charge >= 0.3 is 0 Å². The second-order valence-corrected chi connectivity index (χ2v) is 4.33. The van der Waals surface area contributed by atoms with Crippen LogP contribution in [-0.4, -0.2) is 60.0 Å². The summed E-state index contributed by atoms with van der Waals surface area (Å²) >= 11 is 4.82. The molecule has 0 saturated carbocycles. The minimum Gasteiger partial charge on any atom is -0.279 e. The summed E-state index contributed by atoms with van der Waals surface area (Å²) in [5, 5.41) is 0. The van der Waals surface area contributed by atoms with E-state index in [4.69, 9.17) is 0 Å². The number of likely N-dealkylation sites (N-methyl/N-ethyl adjacent to an activating group) is 2. The van der Waals surface area contributed by atoms with Gasteiger partial charge in [0.1, 0.15) is 0 Å². The smallest absolute Gasteiger partial charge is 0.267 e. The van der Waals surface area contributed by atoms with Crippen molar-refractivity contribution in [2.24, 2.45) is 0 Å². The zero-order valence-corrected chi connectivity index (χ0v) is 13.3. The third-order valence-corrected chi connectivity index (χ3v) is 3.08. The van der Waals surface area contributed by atoms with Crippen molar-refractivity contribution in [3.8, 4) is 0 Å². The van der Waals surface area contributed by atoms with Crippen LogP contribution >= 0.6 is 24.4 Å². The van der Waals surface area contributed by atoms with Gasteiger partial charge in [-0.3, -0.25) is 29.0 Å². The van der Waals surface area contributed by atoms with Gasteiger partial charge in [0.25, 0.3) is 23.6 Å². The lowest BCUT2D eigenvalue weighted by Gasteiger charge is -2.04. The summed E-state index contributed by atoms with van der Waals surface area (Å²) in [5.74, 6) is -0.906. The van der Waals surface area contributed by atoms with Gasteiger partial charge in [0.15, 0.2) is 0 Å². The maximum atomic E-state index is 11.0. The average molecular weight is 316 g/mol. The number of rotatable bonds is 1. The molecule has 0 aromatic carbocycles. The Morgan fingerprint density at radius 2 is 1.35 bits per heavy atom. The van der Waals surface area contributed by atoms with E-state index in [0.717, 1.165) is 9.80 Å². The van der Waals surface area contributed by atoms with Crippen LogP contribution in [0, 0.1) is 0 Å². The molecule has 0 fully saturated rings. The molecule has 0 saturated heterocycles. The van der Waals surface area contributed by atoms with Gasteiger partial charge in [0.05, 0.1) is 4.91 Å². The minimum atomic E-state index is -0.241. The number of thiol groups is 1. The van der Waals surface area contributed by atoms with Gasteiger partial charge in [-0.2, -0.15) is 12.6 Å². The first-order valence-corrected chi connectivity index (χ1v) is 7.52. The van der Waals surface area contributed by atoms with Crippen LogP contribution in [0.25, 0.3) is 0 Å². The van der Waals surface area contributed by atoms with E-state index in [1.54, 1.807) is 12.5 Å². The second kappa shape index (κ2) is 8.60. The standard InChI is InChI=1S/C6H7NO2S.C5H5NO2.CH4S/c1-7-5(8)3-4(10-2)6(7)9;1-6-4(7)2-3-5(6)8;1-2/h3H,1-2H3;2-3H,1H3;2H,1H3. The number of carbonyl (C=O) groups excluding carboxylic acids is 4. The van der Waals surface area contributed by atoms with E-state index in [1.807, 2.05) is 0 Å². The van der Waals surface area contributed by atoms with Crippen LogP contribution in [0.1, 0.15) is 0 Å². The van der Waals surface area contributed by atoms with Gasteiger partial charge in [0, 0.05) is 32.3 Å². The summed E-state index contributed by atoms with van der Waals surface area (Å²) in [4.78, 5) is 45.2.